The molecule has 2 heterocycles. The smallest absolute Gasteiger partial charge is 0.267 e. The largest absolute Gasteiger partial charge is 0.493 e. The second kappa shape index (κ2) is 13.1. The Morgan fingerprint density at radius 2 is 1.83 bits per heavy atom. The molecule has 0 bridgehead atoms. The number of hydrogen-bond acceptors (Lipinski definition) is 7. The van der Waals surface area contributed by atoms with Gasteiger partial charge in [0.2, 0.25) is 0 Å². The van der Waals surface area contributed by atoms with Crippen molar-refractivity contribution in [3.8, 4) is 11.5 Å². The van der Waals surface area contributed by atoms with Crippen molar-refractivity contribution < 1.29 is 23.1 Å². The predicted molar refractivity (Wildman–Crippen MR) is 160 cm³/mol. The Labute approximate surface area is 249 Å². The molecule has 0 spiro atoms. The Morgan fingerprint density at radius 1 is 1.02 bits per heavy atom. The van der Waals surface area contributed by atoms with Crippen LogP contribution in [0.2, 0.25) is 10.0 Å². The van der Waals surface area contributed by atoms with Crippen LogP contribution in [0.5, 0.6) is 11.5 Å². The molecule has 1 fully saturated rings. The van der Waals surface area contributed by atoms with Crippen molar-refractivity contribution >= 4 is 58.3 Å². The molecule has 41 heavy (non-hydrogen) atoms. The molecule has 1 aliphatic rings. The van der Waals surface area contributed by atoms with Gasteiger partial charge in [-0.1, -0.05) is 47.5 Å². The summed E-state index contributed by atoms with van der Waals surface area (Å²) in [6.07, 6.45) is 4.78. The van der Waals surface area contributed by atoms with Crippen LogP contribution in [0.4, 0.5) is 4.39 Å². The molecule has 1 saturated heterocycles. The van der Waals surface area contributed by atoms with Crippen LogP contribution in [-0.4, -0.2) is 29.3 Å². The quantitative estimate of drug-likeness (QED) is 0.110. The van der Waals surface area contributed by atoms with Crippen LogP contribution in [0, 0.1) is 5.82 Å². The number of nitrogens with zero attached hydrogens (tertiary/aromatic N) is 3. The molecular formula is C30H22Cl2FN3O4S. The molecule has 5 rings (SSSR count). The monoisotopic (exact) mass is 609 g/mol. The van der Waals surface area contributed by atoms with E-state index in [0.29, 0.717) is 42.9 Å². The van der Waals surface area contributed by atoms with Gasteiger partial charge in [-0.2, -0.15) is 5.10 Å². The molecule has 0 atom stereocenters. The first kappa shape index (κ1) is 28.5. The van der Waals surface area contributed by atoms with Crippen molar-refractivity contribution in [1.82, 2.24) is 4.90 Å². The average Bonchev–Trinajstić information content (AvgIpc) is 3.58. The summed E-state index contributed by atoms with van der Waals surface area (Å²) < 4.78 is 30.1. The minimum absolute atomic E-state index is 0.185. The Balaban J connectivity index is 1.36. The zero-order chi connectivity index (χ0) is 28.8. The van der Waals surface area contributed by atoms with Crippen molar-refractivity contribution in [1.29, 1.82) is 0 Å². The summed E-state index contributed by atoms with van der Waals surface area (Å²) in [5.74, 6) is 1.01. The van der Waals surface area contributed by atoms with E-state index in [1.54, 1.807) is 74.0 Å². The molecule has 1 aliphatic heterocycles. The average molecular weight is 610 g/mol. The fourth-order valence-corrected chi connectivity index (χ4v) is 5.21. The Kier molecular flexibility index (Phi) is 9.08. The number of benzene rings is 3. The number of thioether (sulfide) groups is 1. The van der Waals surface area contributed by atoms with Gasteiger partial charge in [0.05, 0.1) is 31.0 Å². The van der Waals surface area contributed by atoms with Gasteiger partial charge in [-0.05, 0) is 77.5 Å². The molecule has 3 aromatic carbocycles. The van der Waals surface area contributed by atoms with Gasteiger partial charge in [0.15, 0.2) is 16.7 Å². The number of rotatable bonds is 9. The summed E-state index contributed by atoms with van der Waals surface area (Å²) >= 11 is 13.4. The van der Waals surface area contributed by atoms with E-state index in [1.807, 2.05) is 6.07 Å². The van der Waals surface area contributed by atoms with Gasteiger partial charge < -0.3 is 13.9 Å². The molecule has 1 aromatic heterocycles. The Bertz CT molecular complexity index is 1640. The Hall–Kier alpha value is -4.05. The minimum atomic E-state index is -0.341. The number of ether oxygens (including phenoxy) is 2. The summed E-state index contributed by atoms with van der Waals surface area (Å²) in [6, 6.07) is 19.9. The van der Waals surface area contributed by atoms with E-state index in [1.165, 1.54) is 35.0 Å². The molecule has 0 aliphatic carbocycles. The van der Waals surface area contributed by atoms with Crippen LogP contribution in [0.3, 0.4) is 0 Å². The van der Waals surface area contributed by atoms with Gasteiger partial charge in [0, 0.05) is 15.6 Å². The third kappa shape index (κ3) is 7.18. The summed E-state index contributed by atoms with van der Waals surface area (Å²) in [6.45, 7) is 0.408. The molecule has 0 unspecified atom stereocenters. The van der Waals surface area contributed by atoms with E-state index in [0.717, 1.165) is 11.1 Å². The Morgan fingerprint density at radius 3 is 2.56 bits per heavy atom. The van der Waals surface area contributed by atoms with Gasteiger partial charge in [0.25, 0.3) is 5.91 Å². The first-order chi connectivity index (χ1) is 19.9. The third-order valence-electron chi connectivity index (χ3n) is 5.89. The van der Waals surface area contributed by atoms with Gasteiger partial charge in [0.1, 0.15) is 18.2 Å². The molecule has 0 radical (unpaired) electrons. The van der Waals surface area contributed by atoms with Gasteiger partial charge in [-0.3, -0.25) is 9.69 Å². The maximum atomic E-state index is 13.4. The number of amidine groups is 1. The van der Waals surface area contributed by atoms with Crippen LogP contribution < -0.4 is 9.47 Å². The normalized spacial score (nSPS) is 15.4. The summed E-state index contributed by atoms with van der Waals surface area (Å²) in [5.41, 5.74) is 2.18. The number of halogens is 3. The molecule has 4 aromatic rings. The number of amides is 1. The van der Waals surface area contributed by atoms with Crippen LogP contribution in [0.25, 0.3) is 6.08 Å². The second-order valence-corrected chi connectivity index (χ2v) is 10.5. The van der Waals surface area contributed by atoms with Crippen LogP contribution in [0.1, 0.15) is 22.5 Å². The van der Waals surface area contributed by atoms with Crippen molar-refractivity contribution in [2.45, 2.75) is 13.2 Å². The van der Waals surface area contributed by atoms with Crippen LogP contribution in [-0.2, 0) is 17.9 Å². The van der Waals surface area contributed by atoms with E-state index in [-0.39, 0.29) is 24.9 Å². The van der Waals surface area contributed by atoms with Gasteiger partial charge >= 0.3 is 0 Å². The lowest BCUT2D eigenvalue weighted by molar-refractivity contribution is -0.122. The molecule has 7 nitrogen and oxygen atoms in total. The summed E-state index contributed by atoms with van der Waals surface area (Å²) in [4.78, 5) is 15.3. The van der Waals surface area contributed by atoms with Crippen molar-refractivity contribution in [2.75, 3.05) is 7.11 Å². The SMILES string of the molecule is COc1cc(/C=C2\S/C(=N\N=C\c3ccc(F)cc3)N(Cc3ccco3)C2=O)ccc1OCc1ccc(Cl)cc1Cl. The van der Waals surface area contributed by atoms with E-state index >= 15 is 0 Å². The lowest BCUT2D eigenvalue weighted by Crippen LogP contribution is -2.28. The number of carbonyl (C=O) groups excluding carboxylic acids is 1. The minimum Gasteiger partial charge on any atom is -0.493 e. The maximum absolute atomic E-state index is 13.4. The molecule has 1 amide bonds. The molecule has 0 saturated carbocycles. The highest BCUT2D eigenvalue weighted by molar-refractivity contribution is 8.18. The van der Waals surface area contributed by atoms with E-state index in [9.17, 15) is 9.18 Å². The molecule has 0 N–H and O–H groups in total. The highest BCUT2D eigenvalue weighted by Gasteiger charge is 2.34. The van der Waals surface area contributed by atoms with E-state index < -0.39 is 0 Å². The zero-order valence-corrected chi connectivity index (χ0v) is 23.9. The lowest BCUT2D eigenvalue weighted by atomic mass is 10.1. The van der Waals surface area contributed by atoms with Crippen molar-refractivity contribution in [2.24, 2.45) is 10.2 Å². The highest BCUT2D eigenvalue weighted by atomic mass is 35.5. The van der Waals surface area contributed by atoms with Crippen molar-refractivity contribution in [3.63, 3.8) is 0 Å². The number of methoxy groups -OCH3 is 1. The molecule has 11 heteroatoms. The topological polar surface area (TPSA) is 76.6 Å². The van der Waals surface area contributed by atoms with E-state index in [4.69, 9.17) is 37.1 Å². The fourth-order valence-electron chi connectivity index (χ4n) is 3.81. The predicted octanol–water partition coefficient (Wildman–Crippen LogP) is 7.82. The van der Waals surface area contributed by atoms with Crippen LogP contribution >= 0.6 is 35.0 Å². The van der Waals surface area contributed by atoms with E-state index in [2.05, 4.69) is 10.2 Å². The molecular weight excluding hydrogens is 588 g/mol. The third-order valence-corrected chi connectivity index (χ3v) is 7.47. The second-order valence-electron chi connectivity index (χ2n) is 8.69. The van der Waals surface area contributed by atoms with Gasteiger partial charge in [-0.15, -0.1) is 5.10 Å². The number of furan rings is 1. The lowest BCUT2D eigenvalue weighted by Gasteiger charge is -2.13. The number of carbonyl (C=O) groups is 1. The van der Waals surface area contributed by atoms with Crippen LogP contribution in [0.15, 0.2) is 98.6 Å². The fraction of sp³-hybridized carbons (Fsp3) is 0.100. The maximum Gasteiger partial charge on any atom is 0.267 e. The first-order valence-corrected chi connectivity index (χ1v) is 13.8. The first-order valence-electron chi connectivity index (χ1n) is 12.2. The highest BCUT2D eigenvalue weighted by Crippen LogP contribution is 2.36. The van der Waals surface area contributed by atoms with Crippen molar-refractivity contribution in [3.05, 3.63) is 122 Å². The van der Waals surface area contributed by atoms with Gasteiger partial charge in [-0.25, -0.2) is 4.39 Å². The summed E-state index contributed by atoms with van der Waals surface area (Å²) in [7, 11) is 1.54. The summed E-state index contributed by atoms with van der Waals surface area (Å²) in [5, 5.41) is 9.82. The zero-order valence-electron chi connectivity index (χ0n) is 21.6. The standard InChI is InChI=1S/C30H22Cl2FN3O4S/c1-38-27-13-20(6-11-26(27)40-18-21-7-8-22(31)15-25(21)32)14-28-29(37)36(17-24-3-2-12-39-24)30(41-28)35-34-16-19-4-9-23(33)10-5-19/h2-16H,17-18H2,1H3/b28-14-,34-16+,35-30-. The molecule has 208 valence electrons. The number of hydrogen-bond donors (Lipinski definition) is 0.